The minimum atomic E-state index is -0.818. The van der Waals surface area contributed by atoms with Gasteiger partial charge in [-0.3, -0.25) is 9.59 Å². The van der Waals surface area contributed by atoms with Gasteiger partial charge in [0.1, 0.15) is 0 Å². The molecule has 0 heterocycles. The van der Waals surface area contributed by atoms with Gasteiger partial charge in [-0.1, -0.05) is 31.9 Å². The maximum atomic E-state index is 12.6. The molecule has 2 N–H and O–H groups in total. The molecule has 4 nitrogen and oxygen atoms in total. The second kappa shape index (κ2) is 5.82. The van der Waals surface area contributed by atoms with Gasteiger partial charge in [0.15, 0.2) is 0 Å². The number of carbonyl (C=O) groups excluding carboxylic acids is 1. The number of aliphatic carboxylic acids is 1. The topological polar surface area (TPSA) is 66.4 Å². The number of hydrogen-bond acceptors (Lipinski definition) is 2. The molecule has 116 valence electrons. The van der Waals surface area contributed by atoms with Crippen LogP contribution in [0.3, 0.4) is 0 Å². The molecule has 0 saturated heterocycles. The van der Waals surface area contributed by atoms with Crippen LogP contribution in [0.1, 0.15) is 45.4 Å². The lowest BCUT2D eigenvalue weighted by Gasteiger charge is -2.26. The van der Waals surface area contributed by atoms with Gasteiger partial charge in [0.25, 0.3) is 0 Å². The van der Waals surface area contributed by atoms with Gasteiger partial charge in [0.05, 0.1) is 11.8 Å². The van der Waals surface area contributed by atoms with Gasteiger partial charge in [-0.25, -0.2) is 0 Å². The lowest BCUT2D eigenvalue weighted by atomic mass is 9.82. The van der Waals surface area contributed by atoms with E-state index in [9.17, 15) is 14.7 Å². The highest BCUT2D eigenvalue weighted by molar-refractivity contribution is 5.87. The molecule has 2 fully saturated rings. The summed E-state index contributed by atoms with van der Waals surface area (Å²) in [5.41, 5.74) is 0. The van der Waals surface area contributed by atoms with Crippen LogP contribution < -0.4 is 5.32 Å². The number of carbonyl (C=O) groups is 2. The SMILES string of the molecule is CC1CCCC(NC(=O)[C@H]2C3C=CC(C3)[C@H]2C(=O)O)CC1. The van der Waals surface area contributed by atoms with Gasteiger partial charge in [0, 0.05) is 6.04 Å². The number of fused-ring (bicyclic) bond motifs is 2. The molecule has 0 spiro atoms. The van der Waals surface area contributed by atoms with E-state index in [2.05, 4.69) is 12.2 Å². The predicted octanol–water partition coefficient (Wildman–Crippen LogP) is 2.59. The smallest absolute Gasteiger partial charge is 0.307 e. The Labute approximate surface area is 126 Å². The highest BCUT2D eigenvalue weighted by Gasteiger charge is 2.51. The summed E-state index contributed by atoms with van der Waals surface area (Å²) < 4.78 is 0. The number of carboxylic acid groups (broad SMARTS) is 1. The van der Waals surface area contributed by atoms with Gasteiger partial charge < -0.3 is 10.4 Å². The van der Waals surface area contributed by atoms with Crippen molar-refractivity contribution in [1.29, 1.82) is 0 Å². The zero-order valence-corrected chi connectivity index (χ0v) is 12.6. The number of hydrogen-bond donors (Lipinski definition) is 2. The van der Waals surface area contributed by atoms with Crippen LogP contribution in [0.25, 0.3) is 0 Å². The van der Waals surface area contributed by atoms with Crippen LogP contribution in [0.15, 0.2) is 12.2 Å². The Morgan fingerprint density at radius 2 is 1.76 bits per heavy atom. The minimum Gasteiger partial charge on any atom is -0.481 e. The molecule has 0 aliphatic heterocycles. The molecule has 21 heavy (non-hydrogen) atoms. The fraction of sp³-hybridized carbons (Fsp3) is 0.765. The average molecular weight is 291 g/mol. The number of rotatable bonds is 3. The molecule has 3 aliphatic carbocycles. The molecular weight excluding hydrogens is 266 g/mol. The van der Waals surface area contributed by atoms with E-state index in [0.29, 0.717) is 0 Å². The number of carboxylic acids is 1. The van der Waals surface area contributed by atoms with Crippen molar-refractivity contribution in [3.63, 3.8) is 0 Å². The maximum Gasteiger partial charge on any atom is 0.307 e. The molecule has 3 rings (SSSR count). The number of nitrogens with one attached hydrogen (secondary N) is 1. The zero-order chi connectivity index (χ0) is 15.0. The Morgan fingerprint density at radius 1 is 1.05 bits per heavy atom. The normalized spacial score (nSPS) is 41.8. The Kier molecular flexibility index (Phi) is 4.05. The van der Waals surface area contributed by atoms with Crippen molar-refractivity contribution < 1.29 is 14.7 Å². The first-order valence-corrected chi connectivity index (χ1v) is 8.27. The van der Waals surface area contributed by atoms with Gasteiger partial charge in [-0.15, -0.1) is 0 Å². The van der Waals surface area contributed by atoms with Crippen molar-refractivity contribution in [3.8, 4) is 0 Å². The summed E-state index contributed by atoms with van der Waals surface area (Å²) in [6, 6.07) is 0.236. The maximum absolute atomic E-state index is 12.6. The zero-order valence-electron chi connectivity index (χ0n) is 12.6. The molecule has 3 aliphatic rings. The molecule has 0 radical (unpaired) electrons. The molecular formula is C17H25NO3. The van der Waals surface area contributed by atoms with E-state index in [1.54, 1.807) is 0 Å². The lowest BCUT2D eigenvalue weighted by molar-refractivity contribution is -0.148. The highest BCUT2D eigenvalue weighted by Crippen LogP contribution is 2.48. The van der Waals surface area contributed by atoms with Crippen LogP contribution in [-0.2, 0) is 9.59 Å². The molecule has 0 aromatic carbocycles. The second-order valence-corrected chi connectivity index (χ2v) is 7.16. The van der Waals surface area contributed by atoms with E-state index in [1.807, 2.05) is 12.2 Å². The van der Waals surface area contributed by atoms with E-state index < -0.39 is 11.9 Å². The van der Waals surface area contributed by atoms with Crippen molar-refractivity contribution in [2.24, 2.45) is 29.6 Å². The monoisotopic (exact) mass is 291 g/mol. The van der Waals surface area contributed by atoms with Crippen molar-refractivity contribution in [2.45, 2.75) is 51.5 Å². The summed E-state index contributed by atoms with van der Waals surface area (Å²) in [6.45, 7) is 2.27. The Morgan fingerprint density at radius 3 is 2.48 bits per heavy atom. The first kappa shape index (κ1) is 14.6. The van der Waals surface area contributed by atoms with Crippen molar-refractivity contribution >= 4 is 11.9 Å². The average Bonchev–Trinajstić information content (AvgIpc) is 2.99. The summed E-state index contributed by atoms with van der Waals surface area (Å²) >= 11 is 0. The van der Waals surface area contributed by atoms with E-state index in [1.165, 1.54) is 6.42 Å². The molecule has 4 unspecified atom stereocenters. The molecule has 0 aromatic rings. The van der Waals surface area contributed by atoms with Gasteiger partial charge in [0.2, 0.25) is 5.91 Å². The Balaban J connectivity index is 1.65. The summed E-state index contributed by atoms with van der Waals surface area (Å²) in [4.78, 5) is 24.1. The van der Waals surface area contributed by atoms with Crippen LogP contribution in [0.5, 0.6) is 0 Å². The Hall–Kier alpha value is -1.32. The predicted molar refractivity (Wildman–Crippen MR) is 79.5 cm³/mol. The molecule has 1 amide bonds. The van der Waals surface area contributed by atoms with E-state index >= 15 is 0 Å². The standard InChI is InChI=1S/C17H25NO3/c1-10-3-2-4-13(8-5-10)18-16(19)14-11-6-7-12(9-11)15(14)17(20)21/h6-7,10-15H,2-5,8-9H2,1H3,(H,18,19)(H,20,21)/t10?,11?,12?,13?,14-,15+/m0/s1. The molecule has 4 heteroatoms. The first-order valence-electron chi connectivity index (χ1n) is 8.27. The minimum absolute atomic E-state index is 0.0289. The fourth-order valence-electron chi connectivity index (χ4n) is 4.45. The van der Waals surface area contributed by atoms with Crippen LogP contribution >= 0.6 is 0 Å². The third-order valence-corrected chi connectivity index (χ3v) is 5.65. The van der Waals surface area contributed by atoms with E-state index in [0.717, 1.165) is 38.0 Å². The quantitative estimate of drug-likeness (QED) is 0.620. The van der Waals surface area contributed by atoms with Crippen LogP contribution in [0.2, 0.25) is 0 Å². The lowest BCUT2D eigenvalue weighted by Crippen LogP contribution is -2.44. The number of allylic oxidation sites excluding steroid dienone is 2. The van der Waals surface area contributed by atoms with Crippen molar-refractivity contribution in [1.82, 2.24) is 5.32 Å². The summed E-state index contributed by atoms with van der Waals surface area (Å²) in [5.74, 6) is -0.814. The number of amides is 1. The third kappa shape index (κ3) is 2.85. The van der Waals surface area contributed by atoms with Crippen LogP contribution in [-0.4, -0.2) is 23.0 Å². The largest absolute Gasteiger partial charge is 0.481 e. The van der Waals surface area contributed by atoms with Crippen molar-refractivity contribution in [2.75, 3.05) is 0 Å². The highest BCUT2D eigenvalue weighted by atomic mass is 16.4. The van der Waals surface area contributed by atoms with Gasteiger partial charge >= 0.3 is 5.97 Å². The van der Waals surface area contributed by atoms with E-state index in [-0.39, 0.29) is 29.7 Å². The summed E-state index contributed by atoms with van der Waals surface area (Å²) in [6.07, 6.45) is 10.5. The molecule has 0 aromatic heterocycles. The molecule has 6 atom stereocenters. The van der Waals surface area contributed by atoms with Gasteiger partial charge in [-0.2, -0.15) is 0 Å². The third-order valence-electron chi connectivity index (χ3n) is 5.65. The second-order valence-electron chi connectivity index (χ2n) is 7.16. The van der Waals surface area contributed by atoms with Crippen LogP contribution in [0, 0.1) is 29.6 Å². The molecule has 2 bridgehead atoms. The van der Waals surface area contributed by atoms with E-state index in [4.69, 9.17) is 0 Å². The summed E-state index contributed by atoms with van der Waals surface area (Å²) in [5, 5.41) is 12.6. The van der Waals surface area contributed by atoms with Gasteiger partial charge in [-0.05, 0) is 43.4 Å². The molecule has 2 saturated carbocycles. The van der Waals surface area contributed by atoms with Crippen molar-refractivity contribution in [3.05, 3.63) is 12.2 Å². The first-order chi connectivity index (χ1) is 10.1. The van der Waals surface area contributed by atoms with Crippen LogP contribution in [0.4, 0.5) is 0 Å². The summed E-state index contributed by atoms with van der Waals surface area (Å²) in [7, 11) is 0. The fourth-order valence-corrected chi connectivity index (χ4v) is 4.45. The Bertz CT molecular complexity index is 459.